The van der Waals surface area contributed by atoms with Gasteiger partial charge in [0.05, 0.1) is 19.1 Å². The maximum atomic E-state index is 5.21. The first-order valence-corrected chi connectivity index (χ1v) is 7.65. The molecule has 1 aliphatic heterocycles. The molecule has 0 saturated carbocycles. The zero-order valence-corrected chi connectivity index (χ0v) is 12.7. The Balaban J connectivity index is 1.75. The molecule has 3 rings (SSSR count). The molecule has 0 bridgehead atoms. The van der Waals surface area contributed by atoms with Crippen molar-refractivity contribution >= 4 is 0 Å². The van der Waals surface area contributed by atoms with E-state index in [0.717, 1.165) is 12.3 Å². The van der Waals surface area contributed by atoms with E-state index in [-0.39, 0.29) is 0 Å². The molecule has 21 heavy (non-hydrogen) atoms. The molecule has 1 aliphatic rings. The fourth-order valence-electron chi connectivity index (χ4n) is 3.05. The van der Waals surface area contributed by atoms with Gasteiger partial charge in [0.25, 0.3) is 0 Å². The predicted octanol–water partition coefficient (Wildman–Crippen LogP) is 3.14. The normalized spacial score (nSPS) is 22.2. The average Bonchev–Trinajstić information content (AvgIpc) is 2.96. The number of hydrogen-bond acceptors (Lipinski definition) is 3. The van der Waals surface area contributed by atoms with Gasteiger partial charge in [-0.1, -0.05) is 12.1 Å². The number of rotatable bonds is 4. The molecule has 112 valence electrons. The minimum absolute atomic E-state index is 0.425. The Labute approximate surface area is 126 Å². The van der Waals surface area contributed by atoms with E-state index in [1.54, 1.807) is 7.11 Å². The van der Waals surface area contributed by atoms with Gasteiger partial charge < -0.3 is 14.6 Å². The van der Waals surface area contributed by atoms with Gasteiger partial charge in [-0.3, -0.25) is 0 Å². The van der Waals surface area contributed by atoms with Gasteiger partial charge in [-0.15, -0.1) is 0 Å². The standard InChI is InChI=1S/C17H23N3O/c1-13-4-3-5-16(19-13)17-10-18-12-20(17)11-14-6-8-15(21-2)9-7-14/h6-10,12-13,16,19H,3-5,11H2,1-2H3. The lowest BCUT2D eigenvalue weighted by atomic mass is 9.97. The quantitative estimate of drug-likeness (QED) is 0.938. The monoisotopic (exact) mass is 285 g/mol. The highest BCUT2D eigenvalue weighted by Crippen LogP contribution is 2.25. The number of ether oxygens (including phenoxy) is 1. The molecular weight excluding hydrogens is 262 g/mol. The largest absolute Gasteiger partial charge is 0.497 e. The van der Waals surface area contributed by atoms with Gasteiger partial charge >= 0.3 is 0 Å². The molecule has 4 heteroatoms. The number of nitrogens with one attached hydrogen (secondary N) is 1. The molecule has 1 aromatic carbocycles. The van der Waals surface area contributed by atoms with Crippen LogP contribution >= 0.6 is 0 Å². The van der Waals surface area contributed by atoms with Crippen LogP contribution in [0.4, 0.5) is 0 Å². The van der Waals surface area contributed by atoms with Gasteiger partial charge in [-0.2, -0.15) is 0 Å². The van der Waals surface area contributed by atoms with Crippen LogP contribution in [0, 0.1) is 0 Å². The molecule has 0 amide bonds. The Morgan fingerprint density at radius 1 is 1.29 bits per heavy atom. The summed E-state index contributed by atoms with van der Waals surface area (Å²) >= 11 is 0. The van der Waals surface area contributed by atoms with E-state index in [9.17, 15) is 0 Å². The van der Waals surface area contributed by atoms with E-state index in [4.69, 9.17) is 4.74 Å². The first kappa shape index (κ1) is 14.1. The smallest absolute Gasteiger partial charge is 0.118 e. The fraction of sp³-hybridized carbons (Fsp3) is 0.471. The first-order valence-electron chi connectivity index (χ1n) is 7.65. The van der Waals surface area contributed by atoms with Crippen molar-refractivity contribution in [1.29, 1.82) is 0 Å². The summed E-state index contributed by atoms with van der Waals surface area (Å²) < 4.78 is 7.45. The molecule has 1 fully saturated rings. The van der Waals surface area contributed by atoms with Crippen molar-refractivity contribution < 1.29 is 4.74 Å². The maximum Gasteiger partial charge on any atom is 0.118 e. The Kier molecular flexibility index (Phi) is 4.25. The van der Waals surface area contributed by atoms with Gasteiger partial charge in [0.2, 0.25) is 0 Å². The highest BCUT2D eigenvalue weighted by Gasteiger charge is 2.22. The summed E-state index contributed by atoms with van der Waals surface area (Å²) in [6.07, 6.45) is 7.67. The Morgan fingerprint density at radius 2 is 2.10 bits per heavy atom. The molecule has 4 nitrogen and oxygen atoms in total. The van der Waals surface area contributed by atoms with Crippen LogP contribution in [0.2, 0.25) is 0 Å². The summed E-state index contributed by atoms with van der Waals surface area (Å²) in [5.74, 6) is 0.896. The number of aromatic nitrogens is 2. The molecule has 1 N–H and O–H groups in total. The lowest BCUT2D eigenvalue weighted by Gasteiger charge is -2.29. The summed E-state index contributed by atoms with van der Waals surface area (Å²) in [4.78, 5) is 4.35. The molecule has 1 aromatic heterocycles. The van der Waals surface area contributed by atoms with Crippen LogP contribution in [0.1, 0.15) is 43.5 Å². The van der Waals surface area contributed by atoms with Gasteiger partial charge in [0, 0.05) is 24.8 Å². The minimum Gasteiger partial charge on any atom is -0.497 e. The van der Waals surface area contributed by atoms with Crippen LogP contribution in [0.3, 0.4) is 0 Å². The minimum atomic E-state index is 0.425. The SMILES string of the molecule is COc1ccc(Cn2cncc2C2CCCC(C)N2)cc1. The van der Waals surface area contributed by atoms with Gasteiger partial charge in [0.15, 0.2) is 0 Å². The molecule has 2 heterocycles. The van der Waals surface area contributed by atoms with Crippen LogP contribution in [0.25, 0.3) is 0 Å². The van der Waals surface area contributed by atoms with Crippen molar-refractivity contribution in [3.8, 4) is 5.75 Å². The number of imidazole rings is 1. The summed E-state index contributed by atoms with van der Waals surface area (Å²) in [7, 11) is 1.69. The lowest BCUT2D eigenvalue weighted by Crippen LogP contribution is -2.35. The van der Waals surface area contributed by atoms with E-state index in [0.29, 0.717) is 12.1 Å². The second kappa shape index (κ2) is 6.31. The summed E-state index contributed by atoms with van der Waals surface area (Å²) in [5, 5.41) is 3.68. The highest BCUT2D eigenvalue weighted by atomic mass is 16.5. The van der Waals surface area contributed by atoms with E-state index in [1.165, 1.54) is 30.5 Å². The van der Waals surface area contributed by atoms with Crippen molar-refractivity contribution in [2.45, 2.75) is 44.8 Å². The summed E-state index contributed by atoms with van der Waals surface area (Å²) in [5.41, 5.74) is 2.55. The average molecular weight is 285 g/mol. The second-order valence-electron chi connectivity index (χ2n) is 5.85. The third-order valence-corrected chi connectivity index (χ3v) is 4.23. The first-order chi connectivity index (χ1) is 10.3. The Morgan fingerprint density at radius 3 is 2.81 bits per heavy atom. The molecule has 2 atom stereocenters. The van der Waals surface area contributed by atoms with Gasteiger partial charge in [-0.05, 0) is 43.9 Å². The van der Waals surface area contributed by atoms with Crippen LogP contribution < -0.4 is 10.1 Å². The second-order valence-corrected chi connectivity index (χ2v) is 5.85. The van der Waals surface area contributed by atoms with Crippen LogP contribution in [0.15, 0.2) is 36.8 Å². The van der Waals surface area contributed by atoms with E-state index >= 15 is 0 Å². The number of piperidine rings is 1. The fourth-order valence-corrected chi connectivity index (χ4v) is 3.05. The number of benzene rings is 1. The summed E-state index contributed by atoms with van der Waals surface area (Å²) in [6, 6.07) is 9.25. The number of methoxy groups -OCH3 is 1. The zero-order valence-electron chi connectivity index (χ0n) is 12.7. The van der Waals surface area contributed by atoms with Crippen molar-refractivity contribution in [2.24, 2.45) is 0 Å². The van der Waals surface area contributed by atoms with Crippen molar-refractivity contribution in [3.05, 3.63) is 48.0 Å². The zero-order chi connectivity index (χ0) is 14.7. The van der Waals surface area contributed by atoms with Crippen LogP contribution in [-0.2, 0) is 6.54 Å². The van der Waals surface area contributed by atoms with Crippen molar-refractivity contribution in [2.75, 3.05) is 7.11 Å². The van der Waals surface area contributed by atoms with E-state index < -0.39 is 0 Å². The Hall–Kier alpha value is -1.81. The molecule has 0 radical (unpaired) electrons. The molecular formula is C17H23N3O. The topological polar surface area (TPSA) is 39.1 Å². The molecule has 0 aliphatic carbocycles. The van der Waals surface area contributed by atoms with Crippen LogP contribution in [-0.4, -0.2) is 22.7 Å². The third kappa shape index (κ3) is 3.27. The maximum absolute atomic E-state index is 5.21. The van der Waals surface area contributed by atoms with Crippen LogP contribution in [0.5, 0.6) is 5.75 Å². The lowest BCUT2D eigenvalue weighted by molar-refractivity contribution is 0.330. The third-order valence-electron chi connectivity index (χ3n) is 4.23. The van der Waals surface area contributed by atoms with Gasteiger partial charge in [0.1, 0.15) is 5.75 Å². The molecule has 1 saturated heterocycles. The molecule has 0 spiro atoms. The summed E-state index contributed by atoms with van der Waals surface area (Å²) in [6.45, 7) is 3.11. The molecule has 2 aromatic rings. The van der Waals surface area contributed by atoms with E-state index in [2.05, 4.69) is 33.9 Å². The predicted molar refractivity (Wildman–Crippen MR) is 83.5 cm³/mol. The van der Waals surface area contributed by atoms with Gasteiger partial charge in [-0.25, -0.2) is 4.98 Å². The molecule has 2 unspecified atom stereocenters. The van der Waals surface area contributed by atoms with E-state index in [1.807, 2.05) is 24.7 Å². The van der Waals surface area contributed by atoms with Crippen molar-refractivity contribution in [1.82, 2.24) is 14.9 Å². The number of hydrogen-bond donors (Lipinski definition) is 1. The van der Waals surface area contributed by atoms with Crippen molar-refractivity contribution in [3.63, 3.8) is 0 Å². The number of nitrogens with zero attached hydrogens (tertiary/aromatic N) is 2. The Bertz CT molecular complexity index is 576. The highest BCUT2D eigenvalue weighted by molar-refractivity contribution is 5.27.